The second-order valence-electron chi connectivity index (χ2n) is 4.14. The van der Waals surface area contributed by atoms with E-state index in [2.05, 4.69) is 5.32 Å². The van der Waals surface area contributed by atoms with Crippen LogP contribution in [0.15, 0.2) is 24.3 Å². The summed E-state index contributed by atoms with van der Waals surface area (Å²) >= 11 is 0. The number of rotatable bonds is 3. The lowest BCUT2D eigenvalue weighted by Gasteiger charge is -2.16. The van der Waals surface area contributed by atoms with E-state index in [1.165, 1.54) is 19.1 Å². The van der Waals surface area contributed by atoms with Gasteiger partial charge in [0.15, 0.2) is 0 Å². The van der Waals surface area contributed by atoms with Crippen molar-refractivity contribution in [1.29, 1.82) is 0 Å². The molecule has 100 valence electrons. The fourth-order valence-corrected chi connectivity index (χ4v) is 1.39. The monoisotopic (exact) mass is 260 g/mol. The smallest absolute Gasteiger partial charge is 0.348 e. The summed E-state index contributed by atoms with van der Waals surface area (Å²) in [7, 11) is 0. The van der Waals surface area contributed by atoms with Gasteiger partial charge >= 0.3 is 6.18 Å². The van der Waals surface area contributed by atoms with Gasteiger partial charge in [0, 0.05) is 0 Å². The third-order valence-electron chi connectivity index (χ3n) is 2.51. The van der Waals surface area contributed by atoms with E-state index in [0.29, 0.717) is 5.56 Å². The van der Waals surface area contributed by atoms with Crippen LogP contribution in [0, 0.1) is 0 Å². The van der Waals surface area contributed by atoms with Crippen LogP contribution in [0.25, 0.3) is 0 Å². The predicted molar refractivity (Wildman–Crippen MR) is 61.7 cm³/mol. The average molecular weight is 260 g/mol. The second-order valence-corrected chi connectivity index (χ2v) is 4.14. The summed E-state index contributed by atoms with van der Waals surface area (Å²) in [4.78, 5) is 11.3. The molecule has 0 aliphatic carbocycles. The van der Waals surface area contributed by atoms with Crippen LogP contribution < -0.4 is 11.1 Å². The molecule has 6 heteroatoms. The number of carbonyl (C=O) groups excluding carboxylic acids is 1. The Labute approximate surface area is 103 Å². The minimum atomic E-state index is -4.35. The molecule has 1 amide bonds. The Bertz CT molecular complexity index is 412. The molecule has 0 bridgehead atoms. The largest absolute Gasteiger partial charge is 0.416 e. The first-order valence-electron chi connectivity index (χ1n) is 5.45. The molecule has 3 nitrogen and oxygen atoms in total. The molecule has 0 aliphatic rings. The topological polar surface area (TPSA) is 55.1 Å². The lowest BCUT2D eigenvalue weighted by molar-refractivity contribution is -0.137. The third-order valence-corrected chi connectivity index (χ3v) is 2.51. The number of alkyl halides is 3. The third kappa shape index (κ3) is 3.73. The Morgan fingerprint density at radius 1 is 1.22 bits per heavy atom. The fraction of sp³-hybridized carbons (Fsp3) is 0.417. The molecular formula is C12H15F3N2O. The van der Waals surface area contributed by atoms with E-state index in [4.69, 9.17) is 5.73 Å². The number of amides is 1. The van der Waals surface area contributed by atoms with Crippen LogP contribution >= 0.6 is 0 Å². The SMILES string of the molecule is CC(NC(=O)[C@@H](C)N)c1ccc(C(F)(F)F)cc1. The van der Waals surface area contributed by atoms with E-state index in [1.807, 2.05) is 0 Å². The Morgan fingerprint density at radius 3 is 2.11 bits per heavy atom. The first kappa shape index (κ1) is 14.5. The van der Waals surface area contributed by atoms with Crippen molar-refractivity contribution in [3.63, 3.8) is 0 Å². The summed E-state index contributed by atoms with van der Waals surface area (Å²) in [5, 5.41) is 2.61. The molecule has 0 heterocycles. The van der Waals surface area contributed by atoms with E-state index >= 15 is 0 Å². The molecule has 1 unspecified atom stereocenters. The maximum Gasteiger partial charge on any atom is 0.416 e. The molecule has 0 fully saturated rings. The average Bonchev–Trinajstić information content (AvgIpc) is 2.27. The zero-order chi connectivity index (χ0) is 13.9. The van der Waals surface area contributed by atoms with Gasteiger partial charge in [0.25, 0.3) is 0 Å². The molecular weight excluding hydrogens is 245 g/mol. The summed E-state index contributed by atoms with van der Waals surface area (Å²) in [6.45, 7) is 3.22. The van der Waals surface area contributed by atoms with Gasteiger partial charge in [-0.05, 0) is 31.5 Å². The van der Waals surface area contributed by atoms with Crippen LogP contribution in [-0.2, 0) is 11.0 Å². The molecule has 2 atom stereocenters. The molecule has 1 aromatic carbocycles. The second kappa shape index (κ2) is 5.39. The van der Waals surface area contributed by atoms with Crippen molar-refractivity contribution >= 4 is 5.91 Å². The summed E-state index contributed by atoms with van der Waals surface area (Å²) in [6.07, 6.45) is -4.35. The van der Waals surface area contributed by atoms with E-state index < -0.39 is 17.8 Å². The minimum absolute atomic E-state index is 0.345. The maximum atomic E-state index is 12.4. The number of nitrogens with one attached hydrogen (secondary N) is 1. The molecule has 0 radical (unpaired) electrons. The normalized spacial score (nSPS) is 15.0. The Morgan fingerprint density at radius 2 is 1.72 bits per heavy atom. The number of halogens is 3. The van der Waals surface area contributed by atoms with Gasteiger partial charge in [-0.3, -0.25) is 4.79 Å². The predicted octanol–water partition coefficient (Wildman–Crippen LogP) is 2.23. The van der Waals surface area contributed by atoms with Gasteiger partial charge in [0.1, 0.15) is 0 Å². The van der Waals surface area contributed by atoms with Gasteiger partial charge in [-0.1, -0.05) is 12.1 Å². The van der Waals surface area contributed by atoms with Crippen molar-refractivity contribution in [1.82, 2.24) is 5.32 Å². The summed E-state index contributed by atoms with van der Waals surface area (Å²) in [6, 6.07) is 3.63. The van der Waals surface area contributed by atoms with Crippen molar-refractivity contribution in [2.75, 3.05) is 0 Å². The molecule has 0 aliphatic heterocycles. The van der Waals surface area contributed by atoms with E-state index in [0.717, 1.165) is 12.1 Å². The quantitative estimate of drug-likeness (QED) is 0.875. The fourth-order valence-electron chi connectivity index (χ4n) is 1.39. The molecule has 3 N–H and O–H groups in total. The highest BCUT2D eigenvalue weighted by atomic mass is 19.4. The maximum absolute atomic E-state index is 12.4. The molecule has 1 rings (SSSR count). The van der Waals surface area contributed by atoms with Crippen LogP contribution in [0.1, 0.15) is 31.0 Å². The first-order chi connectivity index (χ1) is 8.21. The van der Waals surface area contributed by atoms with Gasteiger partial charge in [-0.15, -0.1) is 0 Å². The van der Waals surface area contributed by atoms with Gasteiger partial charge in [0.05, 0.1) is 17.6 Å². The van der Waals surface area contributed by atoms with Gasteiger partial charge < -0.3 is 11.1 Å². The lowest BCUT2D eigenvalue weighted by Crippen LogP contribution is -2.39. The highest BCUT2D eigenvalue weighted by Crippen LogP contribution is 2.29. The van der Waals surface area contributed by atoms with Crippen molar-refractivity contribution in [3.8, 4) is 0 Å². The van der Waals surface area contributed by atoms with Crippen molar-refractivity contribution in [3.05, 3.63) is 35.4 Å². The van der Waals surface area contributed by atoms with Crippen molar-refractivity contribution in [2.24, 2.45) is 5.73 Å². The van der Waals surface area contributed by atoms with E-state index in [-0.39, 0.29) is 11.9 Å². The van der Waals surface area contributed by atoms with E-state index in [1.54, 1.807) is 6.92 Å². The van der Waals surface area contributed by atoms with Gasteiger partial charge in [-0.2, -0.15) is 13.2 Å². The Balaban J connectivity index is 2.76. The Kier molecular flexibility index (Phi) is 4.34. The van der Waals surface area contributed by atoms with Gasteiger partial charge in [-0.25, -0.2) is 0 Å². The molecule has 0 spiro atoms. The zero-order valence-electron chi connectivity index (χ0n) is 10.1. The minimum Gasteiger partial charge on any atom is -0.348 e. The van der Waals surface area contributed by atoms with Gasteiger partial charge in [0.2, 0.25) is 5.91 Å². The number of hydrogen-bond donors (Lipinski definition) is 2. The lowest BCUT2D eigenvalue weighted by atomic mass is 10.1. The summed E-state index contributed by atoms with van der Waals surface area (Å²) in [5.41, 5.74) is 5.27. The zero-order valence-corrected chi connectivity index (χ0v) is 10.1. The van der Waals surface area contributed by atoms with Crippen LogP contribution in [0.2, 0.25) is 0 Å². The van der Waals surface area contributed by atoms with Crippen LogP contribution in [0.3, 0.4) is 0 Å². The number of carbonyl (C=O) groups is 1. The molecule has 0 saturated heterocycles. The van der Waals surface area contributed by atoms with Crippen LogP contribution in [-0.4, -0.2) is 11.9 Å². The highest BCUT2D eigenvalue weighted by molar-refractivity contribution is 5.81. The Hall–Kier alpha value is -1.56. The van der Waals surface area contributed by atoms with Crippen molar-refractivity contribution in [2.45, 2.75) is 32.1 Å². The molecule has 18 heavy (non-hydrogen) atoms. The number of hydrogen-bond acceptors (Lipinski definition) is 2. The first-order valence-corrected chi connectivity index (χ1v) is 5.45. The highest BCUT2D eigenvalue weighted by Gasteiger charge is 2.30. The molecule has 0 aromatic heterocycles. The molecule has 1 aromatic rings. The number of nitrogens with two attached hydrogens (primary N) is 1. The molecule has 0 saturated carbocycles. The van der Waals surface area contributed by atoms with Crippen LogP contribution in [0.5, 0.6) is 0 Å². The van der Waals surface area contributed by atoms with Crippen LogP contribution in [0.4, 0.5) is 13.2 Å². The number of benzene rings is 1. The van der Waals surface area contributed by atoms with E-state index in [9.17, 15) is 18.0 Å². The summed E-state index contributed by atoms with van der Waals surface area (Å²) < 4.78 is 37.1. The standard InChI is InChI=1S/C12H15F3N2O/c1-7(16)11(18)17-8(2)9-3-5-10(6-4-9)12(13,14)15/h3-8H,16H2,1-2H3,(H,17,18)/t7-,8?/m1/s1. The van der Waals surface area contributed by atoms with Crippen molar-refractivity contribution < 1.29 is 18.0 Å². The summed E-state index contributed by atoms with van der Waals surface area (Å²) in [5.74, 6) is -0.345.